The lowest BCUT2D eigenvalue weighted by Crippen LogP contribution is -2.39. The molecule has 90 valence electrons. The van der Waals surface area contributed by atoms with Gasteiger partial charge in [0.2, 0.25) is 0 Å². The minimum atomic E-state index is 0.136. The van der Waals surface area contributed by atoms with Crippen molar-refractivity contribution in [2.75, 3.05) is 38.6 Å². The minimum absolute atomic E-state index is 0.136. The number of likely N-dealkylation sites (tertiary alicyclic amines) is 1. The van der Waals surface area contributed by atoms with Crippen LogP contribution in [0.3, 0.4) is 0 Å². The zero-order chi connectivity index (χ0) is 11.1. The lowest BCUT2D eigenvalue weighted by molar-refractivity contribution is -0.00917. The molecule has 1 saturated heterocycles. The average Bonchev–Trinajstić information content (AvgIpc) is 2.28. The molecule has 0 aromatic rings. The van der Waals surface area contributed by atoms with E-state index in [0.717, 1.165) is 38.2 Å². The normalized spacial score (nSPS) is 21.8. The largest absolute Gasteiger partial charge is 0.394 e. The van der Waals surface area contributed by atoms with Gasteiger partial charge in [0.25, 0.3) is 0 Å². The van der Waals surface area contributed by atoms with E-state index in [1.165, 1.54) is 0 Å². The number of hydrogen-bond donors (Lipinski definition) is 2. The fraction of sp³-hybridized carbons (Fsp3) is 1.00. The van der Waals surface area contributed by atoms with Crippen LogP contribution in [0, 0.1) is 5.92 Å². The molecule has 3 nitrogen and oxygen atoms in total. The summed E-state index contributed by atoms with van der Waals surface area (Å²) in [6.07, 6.45) is 2.55. The molecule has 0 bridgehead atoms. The summed E-state index contributed by atoms with van der Waals surface area (Å²) < 4.78 is 5.52. The number of piperidine rings is 1. The number of ether oxygens (including phenoxy) is 1. The van der Waals surface area contributed by atoms with E-state index < -0.39 is 0 Å². The molecule has 0 radical (unpaired) electrons. The Morgan fingerprint density at radius 3 is 2.67 bits per heavy atom. The van der Waals surface area contributed by atoms with Gasteiger partial charge in [0, 0.05) is 19.6 Å². The van der Waals surface area contributed by atoms with Crippen molar-refractivity contribution in [3.8, 4) is 0 Å². The van der Waals surface area contributed by atoms with Crippen molar-refractivity contribution in [1.82, 2.24) is 4.90 Å². The highest BCUT2D eigenvalue weighted by Gasteiger charge is 2.20. The average molecular weight is 233 g/mol. The smallest absolute Gasteiger partial charge is 0.0701 e. The summed E-state index contributed by atoms with van der Waals surface area (Å²) >= 11 is 4.30. The van der Waals surface area contributed by atoms with Gasteiger partial charge in [-0.2, -0.15) is 12.6 Å². The summed E-state index contributed by atoms with van der Waals surface area (Å²) in [7, 11) is 0. The van der Waals surface area contributed by atoms with E-state index in [9.17, 15) is 0 Å². The molecule has 0 saturated carbocycles. The van der Waals surface area contributed by atoms with Gasteiger partial charge in [-0.3, -0.25) is 0 Å². The van der Waals surface area contributed by atoms with Crippen molar-refractivity contribution in [3.05, 3.63) is 0 Å². The first-order valence-electron chi connectivity index (χ1n) is 5.82. The third-order valence-corrected chi connectivity index (χ3v) is 3.48. The first-order chi connectivity index (χ1) is 7.26. The second kappa shape index (κ2) is 7.49. The Kier molecular flexibility index (Phi) is 6.64. The van der Waals surface area contributed by atoms with Crippen LogP contribution >= 0.6 is 12.6 Å². The minimum Gasteiger partial charge on any atom is -0.394 e. The lowest BCUT2D eigenvalue weighted by atomic mass is 10.1. The fourth-order valence-electron chi connectivity index (χ4n) is 1.98. The van der Waals surface area contributed by atoms with Crippen LogP contribution in [0.15, 0.2) is 0 Å². The number of rotatable bonds is 6. The van der Waals surface area contributed by atoms with Crippen LogP contribution in [0.25, 0.3) is 0 Å². The predicted octanol–water partition coefficient (Wildman–Crippen LogP) is 1.03. The van der Waals surface area contributed by atoms with Gasteiger partial charge < -0.3 is 14.7 Å². The van der Waals surface area contributed by atoms with E-state index >= 15 is 0 Å². The molecular formula is C11H23NO2S. The number of aliphatic hydroxyl groups is 1. The van der Waals surface area contributed by atoms with Gasteiger partial charge in [-0.15, -0.1) is 0 Å². The van der Waals surface area contributed by atoms with Crippen LogP contribution < -0.4 is 0 Å². The third-order valence-electron chi connectivity index (χ3n) is 2.86. The van der Waals surface area contributed by atoms with Gasteiger partial charge >= 0.3 is 0 Å². The van der Waals surface area contributed by atoms with Crippen LogP contribution in [0.5, 0.6) is 0 Å². The van der Waals surface area contributed by atoms with Crippen LogP contribution in [-0.2, 0) is 4.74 Å². The molecule has 1 aliphatic heterocycles. The van der Waals surface area contributed by atoms with Gasteiger partial charge in [0.15, 0.2) is 0 Å². The SMILES string of the molecule is CC(CS)CN1CCC(OCCO)CC1. The zero-order valence-corrected chi connectivity index (χ0v) is 10.5. The van der Waals surface area contributed by atoms with Crippen molar-refractivity contribution in [2.45, 2.75) is 25.9 Å². The molecule has 15 heavy (non-hydrogen) atoms. The molecule has 1 fully saturated rings. The summed E-state index contributed by atoms with van der Waals surface area (Å²) in [4.78, 5) is 2.49. The molecule has 1 N–H and O–H groups in total. The van der Waals surface area contributed by atoms with E-state index in [1.54, 1.807) is 0 Å². The summed E-state index contributed by atoms with van der Waals surface area (Å²) in [5.41, 5.74) is 0. The maximum absolute atomic E-state index is 8.66. The molecule has 1 aliphatic rings. The molecule has 1 atom stereocenters. The Morgan fingerprint density at radius 2 is 2.13 bits per heavy atom. The number of hydrogen-bond acceptors (Lipinski definition) is 4. The van der Waals surface area contributed by atoms with Crippen molar-refractivity contribution in [2.24, 2.45) is 5.92 Å². The lowest BCUT2D eigenvalue weighted by Gasteiger charge is -2.33. The second-order valence-corrected chi connectivity index (χ2v) is 4.75. The molecular weight excluding hydrogens is 210 g/mol. The molecule has 1 unspecified atom stereocenters. The Morgan fingerprint density at radius 1 is 1.47 bits per heavy atom. The molecule has 0 aromatic carbocycles. The monoisotopic (exact) mass is 233 g/mol. The van der Waals surface area contributed by atoms with Crippen LogP contribution in [0.1, 0.15) is 19.8 Å². The van der Waals surface area contributed by atoms with Crippen molar-refractivity contribution < 1.29 is 9.84 Å². The maximum atomic E-state index is 8.66. The Hall–Kier alpha value is 0.230. The Balaban J connectivity index is 2.12. The molecule has 1 heterocycles. The first kappa shape index (κ1) is 13.3. The Bertz CT molecular complexity index is 161. The van der Waals surface area contributed by atoms with Crippen molar-refractivity contribution in [1.29, 1.82) is 0 Å². The van der Waals surface area contributed by atoms with Gasteiger partial charge in [-0.1, -0.05) is 6.92 Å². The second-order valence-electron chi connectivity index (χ2n) is 4.38. The van der Waals surface area contributed by atoms with Gasteiger partial charge in [-0.25, -0.2) is 0 Å². The maximum Gasteiger partial charge on any atom is 0.0701 e. The van der Waals surface area contributed by atoms with E-state index in [-0.39, 0.29) is 6.61 Å². The van der Waals surface area contributed by atoms with E-state index in [4.69, 9.17) is 9.84 Å². The summed E-state index contributed by atoms with van der Waals surface area (Å²) in [6, 6.07) is 0. The molecule has 0 aromatic heterocycles. The van der Waals surface area contributed by atoms with Crippen molar-refractivity contribution >= 4 is 12.6 Å². The third kappa shape index (κ3) is 5.20. The molecule has 0 aliphatic carbocycles. The highest BCUT2D eigenvalue weighted by molar-refractivity contribution is 7.80. The molecule has 1 rings (SSSR count). The molecule has 4 heteroatoms. The van der Waals surface area contributed by atoms with E-state index in [0.29, 0.717) is 18.6 Å². The highest BCUT2D eigenvalue weighted by atomic mass is 32.1. The van der Waals surface area contributed by atoms with Crippen LogP contribution in [0.4, 0.5) is 0 Å². The fourth-order valence-corrected chi connectivity index (χ4v) is 2.09. The van der Waals surface area contributed by atoms with Gasteiger partial charge in [-0.05, 0) is 24.5 Å². The zero-order valence-electron chi connectivity index (χ0n) is 9.56. The van der Waals surface area contributed by atoms with Crippen molar-refractivity contribution in [3.63, 3.8) is 0 Å². The molecule has 0 spiro atoms. The quantitative estimate of drug-likeness (QED) is 0.672. The first-order valence-corrected chi connectivity index (χ1v) is 6.45. The van der Waals surface area contributed by atoms with Gasteiger partial charge in [0.1, 0.15) is 0 Å². The summed E-state index contributed by atoms with van der Waals surface area (Å²) in [6.45, 7) is 6.24. The number of nitrogens with zero attached hydrogens (tertiary/aromatic N) is 1. The summed E-state index contributed by atoms with van der Waals surface area (Å²) in [5.74, 6) is 1.63. The Labute approximate surface area is 98.2 Å². The van der Waals surface area contributed by atoms with E-state index in [1.807, 2.05) is 0 Å². The van der Waals surface area contributed by atoms with Gasteiger partial charge in [0.05, 0.1) is 19.3 Å². The number of thiol groups is 1. The highest BCUT2D eigenvalue weighted by Crippen LogP contribution is 2.15. The van der Waals surface area contributed by atoms with Crippen LogP contribution in [-0.4, -0.2) is 54.7 Å². The summed E-state index contributed by atoms with van der Waals surface area (Å²) in [5, 5.41) is 8.66. The van der Waals surface area contributed by atoms with E-state index in [2.05, 4.69) is 24.5 Å². The predicted molar refractivity (Wildman–Crippen MR) is 65.5 cm³/mol. The number of aliphatic hydroxyl groups excluding tert-OH is 1. The van der Waals surface area contributed by atoms with Crippen LogP contribution in [0.2, 0.25) is 0 Å². The molecule has 0 amide bonds. The standard InChI is InChI=1S/C11H23NO2S/c1-10(9-15)8-12-4-2-11(3-5-12)14-7-6-13/h10-11,13,15H,2-9H2,1H3. The topological polar surface area (TPSA) is 32.7 Å².